The molecule has 0 aliphatic rings. The second-order valence-electron chi connectivity index (χ2n) is 3.12. The van der Waals surface area contributed by atoms with Crippen molar-refractivity contribution in [1.29, 1.82) is 0 Å². The fourth-order valence-corrected chi connectivity index (χ4v) is 1.30. The van der Waals surface area contributed by atoms with Gasteiger partial charge < -0.3 is 4.42 Å². The van der Waals surface area contributed by atoms with E-state index in [0.717, 1.165) is 18.2 Å². The van der Waals surface area contributed by atoms with E-state index in [9.17, 15) is 22.4 Å². The van der Waals surface area contributed by atoms with E-state index in [1.807, 2.05) is 0 Å². The zero-order chi connectivity index (χ0) is 11.9. The molecule has 0 radical (unpaired) electrons. The van der Waals surface area contributed by atoms with Gasteiger partial charge in [-0.05, 0) is 12.1 Å². The number of fused-ring (bicyclic) bond motifs is 1. The number of rotatable bonds is 0. The normalized spacial score (nSPS) is 12.0. The van der Waals surface area contributed by atoms with Crippen LogP contribution in [0.5, 0.6) is 0 Å². The molecule has 2 aromatic rings. The highest BCUT2D eigenvalue weighted by molar-refractivity contribution is 5.76. The van der Waals surface area contributed by atoms with Crippen LogP contribution in [0.4, 0.5) is 17.6 Å². The fraction of sp³-hybridized carbons (Fsp3) is 0.100. The average molecular weight is 232 g/mol. The molecule has 0 aliphatic heterocycles. The van der Waals surface area contributed by atoms with Crippen molar-refractivity contribution in [3.8, 4) is 0 Å². The maximum Gasteiger partial charge on any atom is 0.423 e. The molecule has 0 saturated heterocycles. The minimum absolute atomic E-state index is 0.210. The molecule has 0 spiro atoms. The molecule has 0 bridgehead atoms. The molecule has 0 atom stereocenters. The van der Waals surface area contributed by atoms with Gasteiger partial charge in [-0.25, -0.2) is 4.39 Å². The number of benzene rings is 1. The molecule has 0 aliphatic carbocycles. The Kier molecular flexibility index (Phi) is 2.22. The van der Waals surface area contributed by atoms with Gasteiger partial charge in [-0.2, -0.15) is 13.2 Å². The highest BCUT2D eigenvalue weighted by Gasteiger charge is 2.35. The monoisotopic (exact) mass is 232 g/mol. The van der Waals surface area contributed by atoms with Gasteiger partial charge in [-0.15, -0.1) is 0 Å². The molecule has 0 fully saturated rings. The minimum atomic E-state index is -4.77. The lowest BCUT2D eigenvalue weighted by Crippen LogP contribution is -2.18. The summed E-state index contributed by atoms with van der Waals surface area (Å²) in [6, 6.07) is 2.72. The van der Waals surface area contributed by atoms with Crippen LogP contribution in [0.1, 0.15) is 5.56 Å². The van der Waals surface area contributed by atoms with Gasteiger partial charge in [0.2, 0.25) is 5.43 Å². The highest BCUT2D eigenvalue weighted by atomic mass is 19.4. The van der Waals surface area contributed by atoms with E-state index in [2.05, 4.69) is 4.42 Å². The zero-order valence-electron chi connectivity index (χ0n) is 7.64. The summed E-state index contributed by atoms with van der Waals surface area (Å²) in [5.74, 6) is -0.685. The minimum Gasteiger partial charge on any atom is -0.463 e. The average Bonchev–Trinajstić information content (AvgIpc) is 2.15. The molecule has 1 aromatic heterocycles. The number of hydrogen-bond donors (Lipinski definition) is 0. The number of hydrogen-bond acceptors (Lipinski definition) is 2. The summed E-state index contributed by atoms with van der Waals surface area (Å²) in [5, 5.41) is -0.295. The first-order valence-electron chi connectivity index (χ1n) is 4.18. The molecule has 1 heterocycles. The quantitative estimate of drug-likeness (QED) is 0.653. The van der Waals surface area contributed by atoms with Crippen LogP contribution < -0.4 is 5.43 Å². The van der Waals surface area contributed by atoms with Crippen molar-refractivity contribution >= 4 is 11.0 Å². The Morgan fingerprint density at radius 1 is 1.19 bits per heavy atom. The van der Waals surface area contributed by atoms with Crippen molar-refractivity contribution in [3.63, 3.8) is 0 Å². The Balaban J connectivity index is 2.81. The molecule has 84 valence electrons. The zero-order valence-corrected chi connectivity index (χ0v) is 7.64. The maximum absolute atomic E-state index is 12.7. The van der Waals surface area contributed by atoms with Gasteiger partial charge in [0.05, 0.1) is 5.39 Å². The van der Waals surface area contributed by atoms with Gasteiger partial charge >= 0.3 is 6.18 Å². The Morgan fingerprint density at radius 3 is 2.50 bits per heavy atom. The molecule has 0 unspecified atom stereocenters. The Morgan fingerprint density at radius 2 is 1.88 bits per heavy atom. The molecule has 16 heavy (non-hydrogen) atoms. The van der Waals surface area contributed by atoms with Crippen LogP contribution in [0.3, 0.4) is 0 Å². The SMILES string of the molecule is O=c1c(C(F)(F)F)coc2cc(F)ccc12. The van der Waals surface area contributed by atoms with Crippen molar-refractivity contribution in [2.45, 2.75) is 6.18 Å². The second kappa shape index (κ2) is 3.33. The van der Waals surface area contributed by atoms with Crippen molar-refractivity contribution in [2.24, 2.45) is 0 Å². The van der Waals surface area contributed by atoms with Crippen LogP contribution in [-0.4, -0.2) is 0 Å². The third-order valence-corrected chi connectivity index (χ3v) is 2.04. The number of alkyl halides is 3. The lowest BCUT2D eigenvalue weighted by atomic mass is 10.1. The van der Waals surface area contributed by atoms with Crippen LogP contribution in [0.2, 0.25) is 0 Å². The molecule has 0 amide bonds. The second-order valence-corrected chi connectivity index (χ2v) is 3.12. The predicted molar refractivity (Wildman–Crippen MR) is 47.4 cm³/mol. The summed E-state index contributed by atoms with van der Waals surface area (Å²) >= 11 is 0. The third kappa shape index (κ3) is 1.66. The summed E-state index contributed by atoms with van der Waals surface area (Å²) in [6.45, 7) is 0. The van der Waals surface area contributed by atoms with Gasteiger partial charge in [0.25, 0.3) is 0 Å². The fourth-order valence-electron chi connectivity index (χ4n) is 1.30. The van der Waals surface area contributed by atoms with Crippen LogP contribution >= 0.6 is 0 Å². The third-order valence-electron chi connectivity index (χ3n) is 2.04. The highest BCUT2D eigenvalue weighted by Crippen LogP contribution is 2.28. The molecule has 2 rings (SSSR count). The van der Waals surface area contributed by atoms with Gasteiger partial charge in [-0.1, -0.05) is 0 Å². The first-order chi connectivity index (χ1) is 7.39. The molecule has 0 saturated carbocycles. The standard InChI is InChI=1S/C10H4F4O2/c11-5-1-2-6-8(3-5)16-4-7(9(6)15)10(12,13)14/h1-4H. The van der Waals surface area contributed by atoms with E-state index in [0.29, 0.717) is 6.26 Å². The largest absolute Gasteiger partial charge is 0.463 e. The first kappa shape index (κ1) is 10.7. The van der Waals surface area contributed by atoms with Crippen molar-refractivity contribution in [1.82, 2.24) is 0 Å². The summed E-state index contributed by atoms with van der Waals surface area (Å²) in [4.78, 5) is 11.4. The van der Waals surface area contributed by atoms with Crippen molar-refractivity contribution < 1.29 is 22.0 Å². The summed E-state index contributed by atoms with van der Waals surface area (Å²) in [7, 11) is 0. The van der Waals surface area contributed by atoms with E-state index in [-0.39, 0.29) is 11.0 Å². The van der Waals surface area contributed by atoms with Gasteiger partial charge in [-0.3, -0.25) is 4.79 Å². The smallest absolute Gasteiger partial charge is 0.423 e. The first-order valence-corrected chi connectivity index (χ1v) is 4.18. The van der Waals surface area contributed by atoms with Crippen LogP contribution in [0, 0.1) is 5.82 Å². The van der Waals surface area contributed by atoms with Gasteiger partial charge in [0.1, 0.15) is 23.2 Å². The summed E-state index contributed by atoms with van der Waals surface area (Å²) in [5.41, 5.74) is -2.82. The summed E-state index contributed by atoms with van der Waals surface area (Å²) in [6.07, 6.45) is -4.48. The van der Waals surface area contributed by atoms with E-state index in [4.69, 9.17) is 0 Å². The Labute approximate surface area is 86.1 Å². The predicted octanol–water partition coefficient (Wildman–Crippen LogP) is 2.95. The van der Waals surface area contributed by atoms with Gasteiger partial charge in [0, 0.05) is 6.07 Å². The molecule has 2 nitrogen and oxygen atoms in total. The Hall–Kier alpha value is -1.85. The topological polar surface area (TPSA) is 30.2 Å². The lowest BCUT2D eigenvalue weighted by molar-refractivity contribution is -0.139. The van der Waals surface area contributed by atoms with E-state index >= 15 is 0 Å². The number of halogens is 4. The molecule has 0 N–H and O–H groups in total. The maximum atomic E-state index is 12.7. The van der Waals surface area contributed by atoms with Gasteiger partial charge in [0.15, 0.2) is 0 Å². The van der Waals surface area contributed by atoms with Crippen molar-refractivity contribution in [3.05, 3.63) is 46.1 Å². The molecule has 1 aromatic carbocycles. The summed E-state index contributed by atoms with van der Waals surface area (Å²) < 4.78 is 54.3. The van der Waals surface area contributed by atoms with E-state index in [1.165, 1.54) is 0 Å². The van der Waals surface area contributed by atoms with Crippen LogP contribution in [-0.2, 0) is 6.18 Å². The molecular weight excluding hydrogens is 228 g/mol. The van der Waals surface area contributed by atoms with E-state index in [1.54, 1.807) is 0 Å². The Bertz CT molecular complexity index is 598. The van der Waals surface area contributed by atoms with E-state index < -0.39 is 23.0 Å². The molecular formula is C10H4F4O2. The lowest BCUT2D eigenvalue weighted by Gasteiger charge is -2.05. The van der Waals surface area contributed by atoms with Crippen molar-refractivity contribution in [2.75, 3.05) is 0 Å². The van der Waals surface area contributed by atoms with Crippen LogP contribution in [0.25, 0.3) is 11.0 Å². The van der Waals surface area contributed by atoms with Crippen LogP contribution in [0.15, 0.2) is 33.7 Å². The molecule has 6 heteroatoms.